The fourth-order valence-corrected chi connectivity index (χ4v) is 1.74. The minimum absolute atomic E-state index is 0.0447. The molecule has 0 atom stereocenters. The lowest BCUT2D eigenvalue weighted by molar-refractivity contribution is 0.475. The quantitative estimate of drug-likeness (QED) is 0.613. The molecule has 1 aliphatic rings. The van der Waals surface area contributed by atoms with Crippen molar-refractivity contribution in [3.63, 3.8) is 0 Å². The summed E-state index contributed by atoms with van der Waals surface area (Å²) >= 11 is 2.66. The second-order valence-corrected chi connectivity index (χ2v) is 4.30. The second kappa shape index (κ2) is 2.97. The van der Waals surface area contributed by atoms with Gasteiger partial charge in [0.25, 0.3) is 0 Å². The Labute approximate surface area is 87.2 Å². The molecule has 0 aromatic heterocycles. The molecule has 1 fully saturated rings. The summed E-state index contributed by atoms with van der Waals surface area (Å²) in [5.74, 6) is -3.09. The van der Waals surface area contributed by atoms with Crippen LogP contribution in [-0.2, 0) is 5.54 Å². The van der Waals surface area contributed by atoms with Crippen LogP contribution in [0, 0.1) is 17.5 Å². The first-order valence-electron chi connectivity index (χ1n) is 4.08. The maximum absolute atomic E-state index is 13.4. The van der Waals surface area contributed by atoms with Gasteiger partial charge in [-0.3, -0.25) is 0 Å². The van der Waals surface area contributed by atoms with E-state index in [4.69, 9.17) is 5.73 Å². The van der Waals surface area contributed by atoms with Crippen LogP contribution in [0.3, 0.4) is 0 Å². The van der Waals surface area contributed by atoms with Crippen molar-refractivity contribution in [3.05, 3.63) is 33.6 Å². The first kappa shape index (κ1) is 9.98. The lowest BCUT2D eigenvalue weighted by Gasteiger charge is -2.12. The molecular formula is C9H7BrF3N. The van der Waals surface area contributed by atoms with Crippen LogP contribution in [-0.4, -0.2) is 0 Å². The minimum Gasteiger partial charge on any atom is -0.321 e. The molecule has 0 saturated heterocycles. The Balaban J connectivity index is 2.62. The van der Waals surface area contributed by atoms with Crippen molar-refractivity contribution in [2.24, 2.45) is 5.73 Å². The molecule has 0 radical (unpaired) electrons. The fraction of sp³-hybridized carbons (Fsp3) is 0.333. The molecule has 76 valence electrons. The zero-order valence-corrected chi connectivity index (χ0v) is 8.67. The minimum atomic E-state index is -1.21. The lowest BCUT2D eigenvalue weighted by atomic mass is 10.0. The van der Waals surface area contributed by atoms with E-state index in [9.17, 15) is 13.2 Å². The number of hydrogen-bond donors (Lipinski definition) is 1. The van der Waals surface area contributed by atoms with Gasteiger partial charge in [-0.05, 0) is 34.8 Å². The van der Waals surface area contributed by atoms with Gasteiger partial charge in [-0.2, -0.15) is 0 Å². The van der Waals surface area contributed by atoms with E-state index in [1.165, 1.54) is 0 Å². The smallest absolute Gasteiger partial charge is 0.175 e. The predicted octanol–water partition coefficient (Wildman–Crippen LogP) is 2.81. The molecule has 0 heterocycles. The number of halogens is 4. The zero-order valence-electron chi connectivity index (χ0n) is 7.08. The van der Waals surface area contributed by atoms with E-state index in [0.29, 0.717) is 12.8 Å². The molecule has 1 nitrogen and oxygen atoms in total. The molecule has 14 heavy (non-hydrogen) atoms. The van der Waals surface area contributed by atoms with Crippen molar-refractivity contribution in [1.82, 2.24) is 0 Å². The third-order valence-corrected chi connectivity index (χ3v) is 3.12. The van der Waals surface area contributed by atoms with Gasteiger partial charge in [0.2, 0.25) is 0 Å². The Bertz CT molecular complexity index is 402. The molecule has 2 N–H and O–H groups in total. The van der Waals surface area contributed by atoms with E-state index in [0.717, 1.165) is 6.07 Å². The van der Waals surface area contributed by atoms with Gasteiger partial charge in [-0.1, -0.05) is 0 Å². The van der Waals surface area contributed by atoms with Crippen LogP contribution in [0.4, 0.5) is 13.2 Å². The van der Waals surface area contributed by atoms with E-state index in [-0.39, 0.29) is 5.56 Å². The van der Waals surface area contributed by atoms with E-state index < -0.39 is 27.5 Å². The van der Waals surface area contributed by atoms with Gasteiger partial charge >= 0.3 is 0 Å². The third-order valence-electron chi connectivity index (χ3n) is 2.43. The first-order chi connectivity index (χ1) is 6.46. The van der Waals surface area contributed by atoms with Crippen LogP contribution in [0.25, 0.3) is 0 Å². The summed E-state index contributed by atoms with van der Waals surface area (Å²) in [5, 5.41) is 0. The van der Waals surface area contributed by atoms with Crippen molar-refractivity contribution in [2.75, 3.05) is 0 Å². The molecule has 1 aliphatic carbocycles. The van der Waals surface area contributed by atoms with E-state index in [1.54, 1.807) is 0 Å². The van der Waals surface area contributed by atoms with Crippen molar-refractivity contribution in [1.29, 1.82) is 0 Å². The highest BCUT2D eigenvalue weighted by atomic mass is 79.9. The van der Waals surface area contributed by atoms with E-state index >= 15 is 0 Å². The summed E-state index contributed by atoms with van der Waals surface area (Å²) in [5.41, 5.74) is 4.95. The number of benzene rings is 1. The van der Waals surface area contributed by atoms with Crippen molar-refractivity contribution in [3.8, 4) is 0 Å². The van der Waals surface area contributed by atoms with Gasteiger partial charge in [0.1, 0.15) is 5.82 Å². The van der Waals surface area contributed by atoms with Crippen molar-refractivity contribution < 1.29 is 13.2 Å². The standard InChI is InChI=1S/C9H7BrF3N/c10-6-7(12)4(9(14)1-2-9)3-5(11)8(6)13/h3H,1-2,14H2. The molecule has 0 unspecified atom stereocenters. The molecule has 1 saturated carbocycles. The van der Waals surface area contributed by atoms with Gasteiger partial charge in [-0.15, -0.1) is 0 Å². The maximum Gasteiger partial charge on any atom is 0.175 e. The summed E-state index contributed by atoms with van der Waals surface area (Å²) in [6, 6.07) is 0.836. The predicted molar refractivity (Wildman–Crippen MR) is 49.1 cm³/mol. The average molecular weight is 266 g/mol. The summed E-state index contributed by atoms with van der Waals surface area (Å²) in [4.78, 5) is 0. The average Bonchev–Trinajstić information content (AvgIpc) is 2.87. The molecule has 0 aliphatic heterocycles. The molecule has 0 amide bonds. The van der Waals surface area contributed by atoms with Gasteiger partial charge in [0.05, 0.1) is 4.47 Å². The van der Waals surface area contributed by atoms with Gasteiger partial charge < -0.3 is 5.73 Å². The fourth-order valence-electron chi connectivity index (χ4n) is 1.34. The van der Waals surface area contributed by atoms with Crippen LogP contribution in [0.1, 0.15) is 18.4 Å². The largest absolute Gasteiger partial charge is 0.321 e. The second-order valence-electron chi connectivity index (χ2n) is 3.50. The SMILES string of the molecule is NC1(c2cc(F)c(F)c(Br)c2F)CC1. The zero-order chi connectivity index (χ0) is 10.5. The normalized spacial score (nSPS) is 18.4. The first-order valence-corrected chi connectivity index (χ1v) is 4.87. The summed E-state index contributed by atoms with van der Waals surface area (Å²) in [7, 11) is 0. The van der Waals surface area contributed by atoms with Crippen molar-refractivity contribution in [2.45, 2.75) is 18.4 Å². The Hall–Kier alpha value is -0.550. The van der Waals surface area contributed by atoms with Crippen LogP contribution in [0.5, 0.6) is 0 Å². The van der Waals surface area contributed by atoms with Crippen LogP contribution in [0.15, 0.2) is 10.5 Å². The molecule has 1 aromatic carbocycles. The molecular weight excluding hydrogens is 259 g/mol. The van der Waals surface area contributed by atoms with Gasteiger partial charge in [0.15, 0.2) is 11.6 Å². The Morgan fingerprint density at radius 2 is 1.79 bits per heavy atom. The Kier molecular flexibility index (Phi) is 2.12. The van der Waals surface area contributed by atoms with E-state index in [2.05, 4.69) is 15.9 Å². The highest BCUT2D eigenvalue weighted by Crippen LogP contribution is 2.45. The van der Waals surface area contributed by atoms with Gasteiger partial charge in [-0.25, -0.2) is 13.2 Å². The van der Waals surface area contributed by atoms with Crippen LogP contribution >= 0.6 is 15.9 Å². The topological polar surface area (TPSA) is 26.0 Å². The summed E-state index contributed by atoms with van der Waals surface area (Å²) in [6.45, 7) is 0. The number of nitrogens with two attached hydrogens (primary N) is 1. The Morgan fingerprint density at radius 3 is 2.29 bits per heavy atom. The third kappa shape index (κ3) is 1.35. The highest BCUT2D eigenvalue weighted by Gasteiger charge is 2.43. The molecule has 0 spiro atoms. The lowest BCUT2D eigenvalue weighted by Crippen LogP contribution is -2.21. The van der Waals surface area contributed by atoms with Crippen molar-refractivity contribution >= 4 is 15.9 Å². The molecule has 0 bridgehead atoms. The molecule has 2 rings (SSSR count). The highest BCUT2D eigenvalue weighted by molar-refractivity contribution is 9.10. The summed E-state index contributed by atoms with van der Waals surface area (Å²) in [6.07, 6.45) is 1.20. The number of rotatable bonds is 1. The van der Waals surface area contributed by atoms with E-state index in [1.807, 2.05) is 0 Å². The monoisotopic (exact) mass is 265 g/mol. The van der Waals surface area contributed by atoms with Crippen LogP contribution in [0.2, 0.25) is 0 Å². The van der Waals surface area contributed by atoms with Gasteiger partial charge in [0, 0.05) is 11.1 Å². The molecule has 5 heteroatoms. The maximum atomic E-state index is 13.4. The summed E-state index contributed by atoms with van der Waals surface area (Å²) < 4.78 is 38.8. The molecule has 1 aromatic rings. The Morgan fingerprint density at radius 1 is 1.21 bits per heavy atom. The number of hydrogen-bond acceptors (Lipinski definition) is 1. The van der Waals surface area contributed by atoms with Crippen LogP contribution < -0.4 is 5.73 Å².